The Balaban J connectivity index is 2.60. The molecule has 0 aromatic heterocycles. The Hall–Kier alpha value is 0.01000. The van der Waals surface area contributed by atoms with Crippen molar-refractivity contribution in [3.8, 4) is 0 Å². The lowest BCUT2D eigenvalue weighted by molar-refractivity contribution is -0.126. The fourth-order valence-corrected chi connectivity index (χ4v) is 1.44. The van der Waals surface area contributed by atoms with Crippen LogP contribution in [0.2, 0.25) is 0 Å². The van der Waals surface area contributed by atoms with Gasteiger partial charge in [-0.2, -0.15) is 0 Å². The normalized spacial score (nSPS) is 21.2. The molecule has 1 nitrogen and oxygen atoms in total. The fraction of sp³-hybridized carbons (Fsp3) is 0.833. The second kappa shape index (κ2) is 2.57. The molecule has 1 aliphatic rings. The van der Waals surface area contributed by atoms with E-state index in [-0.39, 0.29) is 11.1 Å². The van der Waals surface area contributed by atoms with Gasteiger partial charge in [-0.25, -0.2) is 8.78 Å². The molecule has 0 aliphatic heterocycles. The Bertz CT molecular complexity index is 154. The van der Waals surface area contributed by atoms with Crippen molar-refractivity contribution in [2.24, 2.45) is 5.41 Å². The molecule has 0 heterocycles. The predicted octanol–water partition coefficient (Wildman–Crippen LogP) is 2.00. The van der Waals surface area contributed by atoms with Crippen molar-refractivity contribution in [3.63, 3.8) is 0 Å². The SMILES string of the molecule is O=C(CBr)C1(C(F)F)CC1. The Morgan fingerprint density at radius 1 is 1.60 bits per heavy atom. The lowest BCUT2D eigenvalue weighted by Gasteiger charge is -2.09. The van der Waals surface area contributed by atoms with Gasteiger partial charge < -0.3 is 0 Å². The first-order valence-electron chi connectivity index (χ1n) is 3.01. The highest BCUT2D eigenvalue weighted by Crippen LogP contribution is 2.51. The number of alkyl halides is 3. The molecule has 1 fully saturated rings. The number of carbonyl (C=O) groups excluding carboxylic acids is 1. The first-order valence-corrected chi connectivity index (χ1v) is 4.13. The maximum absolute atomic E-state index is 12.1. The highest BCUT2D eigenvalue weighted by molar-refractivity contribution is 9.09. The third kappa shape index (κ3) is 1.09. The smallest absolute Gasteiger partial charge is 0.251 e. The van der Waals surface area contributed by atoms with E-state index in [1.807, 2.05) is 0 Å². The van der Waals surface area contributed by atoms with Crippen LogP contribution in [0, 0.1) is 5.41 Å². The number of hydrogen-bond acceptors (Lipinski definition) is 1. The lowest BCUT2D eigenvalue weighted by atomic mass is 10.0. The number of ketones is 1. The van der Waals surface area contributed by atoms with E-state index in [9.17, 15) is 13.6 Å². The van der Waals surface area contributed by atoms with Crippen LogP contribution in [0.4, 0.5) is 8.78 Å². The molecule has 0 radical (unpaired) electrons. The molecule has 1 rings (SSSR count). The average Bonchev–Trinajstić information content (AvgIpc) is 2.65. The second-order valence-corrected chi connectivity index (χ2v) is 3.07. The summed E-state index contributed by atoms with van der Waals surface area (Å²) in [5.74, 6) is -0.359. The summed E-state index contributed by atoms with van der Waals surface area (Å²) in [5.41, 5.74) is -1.26. The van der Waals surface area contributed by atoms with Crippen LogP contribution in [0.3, 0.4) is 0 Å². The lowest BCUT2D eigenvalue weighted by Crippen LogP contribution is -2.24. The van der Waals surface area contributed by atoms with E-state index < -0.39 is 11.8 Å². The summed E-state index contributed by atoms with van der Waals surface area (Å²) >= 11 is 2.88. The van der Waals surface area contributed by atoms with Crippen LogP contribution in [-0.2, 0) is 4.79 Å². The van der Waals surface area contributed by atoms with Gasteiger partial charge in [-0.1, -0.05) is 15.9 Å². The Morgan fingerprint density at radius 2 is 2.10 bits per heavy atom. The minimum Gasteiger partial charge on any atom is -0.298 e. The summed E-state index contributed by atoms with van der Waals surface area (Å²) in [6.07, 6.45) is -1.76. The summed E-state index contributed by atoms with van der Waals surface area (Å²) in [5, 5.41) is 0.0529. The van der Waals surface area contributed by atoms with Crippen LogP contribution < -0.4 is 0 Å². The number of Topliss-reactive ketones (excluding diaryl/α,β-unsaturated/α-hetero) is 1. The Labute approximate surface area is 65.9 Å². The van der Waals surface area contributed by atoms with E-state index in [1.54, 1.807) is 0 Å². The third-order valence-corrected chi connectivity index (χ3v) is 2.39. The van der Waals surface area contributed by atoms with E-state index in [1.165, 1.54) is 0 Å². The maximum atomic E-state index is 12.1. The van der Waals surface area contributed by atoms with Crippen molar-refractivity contribution in [2.45, 2.75) is 19.3 Å². The van der Waals surface area contributed by atoms with Gasteiger partial charge in [-0.15, -0.1) is 0 Å². The van der Waals surface area contributed by atoms with Crippen LogP contribution in [0.25, 0.3) is 0 Å². The molecule has 0 N–H and O–H groups in total. The molecule has 0 aromatic carbocycles. The van der Waals surface area contributed by atoms with Crippen LogP contribution in [-0.4, -0.2) is 17.5 Å². The molecule has 0 amide bonds. The standard InChI is InChI=1S/C6H7BrF2O/c7-3-4(10)6(1-2-6)5(8)9/h5H,1-3H2. The van der Waals surface area contributed by atoms with Gasteiger partial charge in [0.25, 0.3) is 6.43 Å². The molecular formula is C6H7BrF2O. The van der Waals surface area contributed by atoms with Crippen LogP contribution in [0.5, 0.6) is 0 Å². The fourth-order valence-electron chi connectivity index (χ4n) is 0.886. The maximum Gasteiger partial charge on any atom is 0.251 e. The molecule has 0 atom stereocenters. The van der Waals surface area contributed by atoms with E-state index >= 15 is 0 Å². The minimum absolute atomic E-state index is 0.0529. The van der Waals surface area contributed by atoms with Gasteiger partial charge in [0.2, 0.25) is 0 Å². The van der Waals surface area contributed by atoms with Gasteiger partial charge in [-0.05, 0) is 12.8 Å². The molecule has 58 valence electrons. The molecule has 0 aromatic rings. The number of halogens is 3. The second-order valence-electron chi connectivity index (χ2n) is 2.51. The Morgan fingerprint density at radius 3 is 2.20 bits per heavy atom. The van der Waals surface area contributed by atoms with Crippen LogP contribution >= 0.6 is 15.9 Å². The summed E-state index contributed by atoms with van der Waals surface area (Å²) in [4.78, 5) is 10.8. The van der Waals surface area contributed by atoms with E-state index in [0.29, 0.717) is 12.8 Å². The summed E-state index contributed by atoms with van der Waals surface area (Å²) in [7, 11) is 0. The first-order chi connectivity index (χ1) is 4.63. The zero-order chi connectivity index (χ0) is 7.78. The number of hydrogen-bond donors (Lipinski definition) is 0. The van der Waals surface area contributed by atoms with Crippen molar-refractivity contribution >= 4 is 21.7 Å². The monoisotopic (exact) mass is 212 g/mol. The zero-order valence-corrected chi connectivity index (χ0v) is 6.83. The minimum atomic E-state index is -2.47. The first kappa shape index (κ1) is 8.11. The average molecular weight is 213 g/mol. The van der Waals surface area contributed by atoms with Gasteiger partial charge in [-0.3, -0.25) is 4.79 Å². The molecule has 0 unspecified atom stereocenters. The molecule has 1 aliphatic carbocycles. The van der Waals surface area contributed by atoms with E-state index in [4.69, 9.17) is 0 Å². The van der Waals surface area contributed by atoms with Gasteiger partial charge in [0.05, 0.1) is 10.7 Å². The Kier molecular flexibility index (Phi) is 2.08. The molecule has 0 spiro atoms. The van der Waals surface area contributed by atoms with Crippen molar-refractivity contribution in [1.82, 2.24) is 0 Å². The molecule has 10 heavy (non-hydrogen) atoms. The zero-order valence-electron chi connectivity index (χ0n) is 5.24. The summed E-state index contributed by atoms with van der Waals surface area (Å²) < 4.78 is 24.1. The molecule has 0 saturated heterocycles. The van der Waals surface area contributed by atoms with Gasteiger partial charge in [0.1, 0.15) is 0 Å². The van der Waals surface area contributed by atoms with Gasteiger partial charge >= 0.3 is 0 Å². The van der Waals surface area contributed by atoms with Crippen LogP contribution in [0.15, 0.2) is 0 Å². The highest BCUT2D eigenvalue weighted by atomic mass is 79.9. The van der Waals surface area contributed by atoms with E-state index in [0.717, 1.165) is 0 Å². The molecule has 0 bridgehead atoms. The molecule has 1 saturated carbocycles. The third-order valence-electron chi connectivity index (χ3n) is 1.88. The van der Waals surface area contributed by atoms with Crippen molar-refractivity contribution < 1.29 is 13.6 Å². The van der Waals surface area contributed by atoms with Crippen LogP contribution in [0.1, 0.15) is 12.8 Å². The predicted molar refractivity (Wildman–Crippen MR) is 36.5 cm³/mol. The van der Waals surface area contributed by atoms with Crippen molar-refractivity contribution in [1.29, 1.82) is 0 Å². The quantitative estimate of drug-likeness (QED) is 0.655. The molecular weight excluding hydrogens is 206 g/mol. The van der Waals surface area contributed by atoms with E-state index in [2.05, 4.69) is 15.9 Å². The number of carbonyl (C=O) groups is 1. The van der Waals surface area contributed by atoms with Crippen molar-refractivity contribution in [3.05, 3.63) is 0 Å². The molecule has 4 heteroatoms. The van der Waals surface area contributed by atoms with Crippen molar-refractivity contribution in [2.75, 3.05) is 5.33 Å². The highest BCUT2D eigenvalue weighted by Gasteiger charge is 2.56. The summed E-state index contributed by atoms with van der Waals surface area (Å²) in [6, 6.07) is 0. The summed E-state index contributed by atoms with van der Waals surface area (Å²) in [6.45, 7) is 0. The van der Waals surface area contributed by atoms with Gasteiger partial charge in [0.15, 0.2) is 5.78 Å². The largest absolute Gasteiger partial charge is 0.298 e. The number of rotatable bonds is 3. The van der Waals surface area contributed by atoms with Gasteiger partial charge in [0, 0.05) is 0 Å². The topological polar surface area (TPSA) is 17.1 Å².